The summed E-state index contributed by atoms with van der Waals surface area (Å²) in [6, 6.07) is 5.51. The van der Waals surface area contributed by atoms with Crippen LogP contribution in [0.3, 0.4) is 0 Å². The maximum Gasteiger partial charge on any atom is 0.416 e. The Morgan fingerprint density at radius 1 is 1.18 bits per heavy atom. The van der Waals surface area contributed by atoms with Gasteiger partial charge in [-0.15, -0.1) is 0 Å². The van der Waals surface area contributed by atoms with Crippen LogP contribution in [-0.4, -0.2) is 16.3 Å². The number of halogens is 4. The molecular formula is C12H12BrF3S. The molecular weight excluding hydrogens is 313 g/mol. The second-order valence-electron chi connectivity index (χ2n) is 4.21. The highest BCUT2D eigenvalue weighted by Crippen LogP contribution is 2.33. The van der Waals surface area contributed by atoms with Gasteiger partial charge in [-0.3, -0.25) is 0 Å². The van der Waals surface area contributed by atoms with Crippen LogP contribution >= 0.6 is 27.7 Å². The van der Waals surface area contributed by atoms with E-state index in [1.807, 2.05) is 11.8 Å². The molecule has 1 saturated heterocycles. The average Bonchev–Trinajstić information content (AvgIpc) is 2.64. The lowest BCUT2D eigenvalue weighted by molar-refractivity contribution is -0.137. The van der Waals surface area contributed by atoms with Gasteiger partial charge in [0, 0.05) is 10.6 Å². The Morgan fingerprint density at radius 3 is 2.29 bits per heavy atom. The molecule has 2 unspecified atom stereocenters. The number of alkyl halides is 4. The second kappa shape index (κ2) is 5.22. The lowest BCUT2D eigenvalue weighted by Gasteiger charge is -2.13. The smallest absolute Gasteiger partial charge is 0.166 e. The quantitative estimate of drug-likeness (QED) is 0.728. The molecule has 0 aliphatic carbocycles. The van der Waals surface area contributed by atoms with Gasteiger partial charge in [-0.25, -0.2) is 0 Å². The summed E-state index contributed by atoms with van der Waals surface area (Å²) in [6.07, 6.45) is -3.39. The Balaban J connectivity index is 2.03. The molecule has 0 radical (unpaired) electrons. The van der Waals surface area contributed by atoms with Crippen molar-refractivity contribution in [3.05, 3.63) is 35.4 Å². The predicted octanol–water partition coefficient (Wildman–Crippen LogP) is 4.37. The van der Waals surface area contributed by atoms with Crippen LogP contribution < -0.4 is 0 Å². The van der Waals surface area contributed by atoms with Crippen LogP contribution in [0.5, 0.6) is 0 Å². The summed E-state index contributed by atoms with van der Waals surface area (Å²) in [7, 11) is 0. The molecule has 0 aromatic heterocycles. The predicted molar refractivity (Wildman–Crippen MR) is 68.7 cm³/mol. The summed E-state index contributed by atoms with van der Waals surface area (Å²) in [4.78, 5) is 0.481. The van der Waals surface area contributed by atoms with Gasteiger partial charge in [0.15, 0.2) is 0 Å². The number of benzene rings is 1. The fourth-order valence-electron chi connectivity index (χ4n) is 1.89. The SMILES string of the molecule is FC(F)(F)c1ccc(CC2CSCC2Br)cc1. The summed E-state index contributed by atoms with van der Waals surface area (Å²) < 4.78 is 37.1. The van der Waals surface area contributed by atoms with Crippen molar-refractivity contribution >= 4 is 27.7 Å². The van der Waals surface area contributed by atoms with Crippen molar-refractivity contribution in [3.63, 3.8) is 0 Å². The zero-order valence-corrected chi connectivity index (χ0v) is 11.4. The van der Waals surface area contributed by atoms with Gasteiger partial charge in [-0.2, -0.15) is 24.9 Å². The third-order valence-electron chi connectivity index (χ3n) is 2.90. The molecule has 0 amide bonds. The van der Waals surface area contributed by atoms with Crippen molar-refractivity contribution in [2.45, 2.75) is 17.4 Å². The van der Waals surface area contributed by atoms with E-state index in [4.69, 9.17) is 0 Å². The Bertz CT molecular complexity index is 374. The van der Waals surface area contributed by atoms with E-state index in [9.17, 15) is 13.2 Å². The minimum absolute atomic E-state index is 0.481. The van der Waals surface area contributed by atoms with Gasteiger partial charge in [0.25, 0.3) is 0 Å². The first kappa shape index (κ1) is 13.3. The number of rotatable bonds is 2. The molecule has 1 heterocycles. The van der Waals surface area contributed by atoms with Crippen molar-refractivity contribution in [1.82, 2.24) is 0 Å². The van der Waals surface area contributed by atoms with Crippen LogP contribution in [0.25, 0.3) is 0 Å². The molecule has 0 bridgehead atoms. The molecule has 0 spiro atoms. The Kier molecular flexibility index (Phi) is 4.08. The molecule has 0 saturated carbocycles. The molecule has 1 aromatic rings. The topological polar surface area (TPSA) is 0 Å². The van der Waals surface area contributed by atoms with E-state index in [0.29, 0.717) is 10.7 Å². The largest absolute Gasteiger partial charge is 0.416 e. The van der Waals surface area contributed by atoms with E-state index in [-0.39, 0.29) is 0 Å². The fraction of sp³-hybridized carbons (Fsp3) is 0.500. The second-order valence-corrected chi connectivity index (χ2v) is 6.46. The molecule has 1 aliphatic heterocycles. The number of hydrogen-bond donors (Lipinski definition) is 0. The molecule has 1 fully saturated rings. The van der Waals surface area contributed by atoms with Crippen LogP contribution in [0.1, 0.15) is 11.1 Å². The van der Waals surface area contributed by atoms with Gasteiger partial charge in [0.2, 0.25) is 0 Å². The van der Waals surface area contributed by atoms with E-state index in [0.717, 1.165) is 23.5 Å². The highest BCUT2D eigenvalue weighted by atomic mass is 79.9. The first-order chi connectivity index (χ1) is 7.97. The molecule has 17 heavy (non-hydrogen) atoms. The van der Waals surface area contributed by atoms with Gasteiger partial charge < -0.3 is 0 Å². The third-order valence-corrected chi connectivity index (χ3v) is 5.66. The van der Waals surface area contributed by atoms with Crippen molar-refractivity contribution in [3.8, 4) is 0 Å². The van der Waals surface area contributed by atoms with Crippen molar-refractivity contribution in [1.29, 1.82) is 0 Å². The van der Waals surface area contributed by atoms with Gasteiger partial charge in [0.1, 0.15) is 0 Å². The normalized spacial score (nSPS) is 25.2. The Hall–Kier alpha value is -0.160. The van der Waals surface area contributed by atoms with E-state index >= 15 is 0 Å². The Morgan fingerprint density at radius 2 is 1.82 bits per heavy atom. The van der Waals surface area contributed by atoms with Crippen molar-refractivity contribution in [2.75, 3.05) is 11.5 Å². The zero-order chi connectivity index (χ0) is 12.5. The molecule has 2 rings (SSSR count). The van der Waals surface area contributed by atoms with Gasteiger partial charge in [0.05, 0.1) is 5.56 Å². The van der Waals surface area contributed by atoms with E-state index in [2.05, 4.69) is 15.9 Å². The van der Waals surface area contributed by atoms with Crippen LogP contribution in [0, 0.1) is 5.92 Å². The highest BCUT2D eigenvalue weighted by Gasteiger charge is 2.30. The monoisotopic (exact) mass is 324 g/mol. The number of thioether (sulfide) groups is 1. The van der Waals surface area contributed by atoms with E-state index < -0.39 is 11.7 Å². The lowest BCUT2D eigenvalue weighted by atomic mass is 9.98. The summed E-state index contributed by atoms with van der Waals surface area (Å²) >= 11 is 5.50. The molecule has 0 nitrogen and oxygen atoms in total. The maximum atomic E-state index is 12.4. The summed E-state index contributed by atoms with van der Waals surface area (Å²) in [5.74, 6) is 2.69. The molecule has 0 N–H and O–H groups in total. The number of hydrogen-bond acceptors (Lipinski definition) is 1. The van der Waals surface area contributed by atoms with Gasteiger partial charge >= 0.3 is 6.18 Å². The van der Waals surface area contributed by atoms with Crippen LogP contribution in [0.4, 0.5) is 13.2 Å². The first-order valence-corrected chi connectivity index (χ1v) is 7.42. The van der Waals surface area contributed by atoms with Crippen LogP contribution in [0.2, 0.25) is 0 Å². The molecule has 1 aliphatic rings. The highest BCUT2D eigenvalue weighted by molar-refractivity contribution is 9.09. The fourth-order valence-corrected chi connectivity index (χ4v) is 4.36. The summed E-state index contributed by atoms with van der Waals surface area (Å²) in [5.41, 5.74) is 0.410. The first-order valence-electron chi connectivity index (χ1n) is 5.35. The van der Waals surface area contributed by atoms with Crippen LogP contribution in [-0.2, 0) is 12.6 Å². The zero-order valence-electron chi connectivity index (χ0n) is 9.01. The van der Waals surface area contributed by atoms with Gasteiger partial charge in [-0.05, 0) is 35.8 Å². The molecule has 1 aromatic carbocycles. The Labute approximate surface area is 111 Å². The summed E-state index contributed by atoms with van der Waals surface area (Å²) in [5, 5.41) is 0. The standard InChI is InChI=1S/C12H12BrF3S/c13-11-7-17-6-9(11)5-8-1-3-10(4-2-8)12(14,15)16/h1-4,9,11H,5-7H2. The molecule has 5 heteroatoms. The minimum Gasteiger partial charge on any atom is -0.166 e. The molecule has 2 atom stereocenters. The van der Waals surface area contributed by atoms with E-state index in [1.165, 1.54) is 12.1 Å². The van der Waals surface area contributed by atoms with Crippen LogP contribution in [0.15, 0.2) is 24.3 Å². The van der Waals surface area contributed by atoms with E-state index in [1.54, 1.807) is 12.1 Å². The van der Waals surface area contributed by atoms with Crippen molar-refractivity contribution in [2.24, 2.45) is 5.92 Å². The third kappa shape index (κ3) is 3.41. The van der Waals surface area contributed by atoms with Gasteiger partial charge in [-0.1, -0.05) is 28.1 Å². The lowest BCUT2D eigenvalue weighted by Crippen LogP contribution is -2.14. The maximum absolute atomic E-state index is 12.4. The summed E-state index contributed by atoms with van der Waals surface area (Å²) in [6.45, 7) is 0. The minimum atomic E-state index is -4.24. The molecule has 94 valence electrons. The van der Waals surface area contributed by atoms with Crippen molar-refractivity contribution < 1.29 is 13.2 Å². The average molecular weight is 325 g/mol.